The number of nitrogens with zero attached hydrogens (tertiary/aromatic N) is 1. The number of benzene rings is 10. The van der Waals surface area contributed by atoms with Crippen LogP contribution in [-0.2, 0) is 0 Å². The second-order valence-corrected chi connectivity index (χ2v) is 16.3. The van der Waals surface area contributed by atoms with E-state index >= 15 is 0 Å². The molecule has 0 aliphatic carbocycles. The Morgan fingerprint density at radius 1 is 0.339 bits per heavy atom. The van der Waals surface area contributed by atoms with Gasteiger partial charge in [-0.05, 0) is 86.4 Å². The largest absolute Gasteiger partial charge is 0.456 e. The predicted molar refractivity (Wildman–Crippen MR) is 253 cm³/mol. The summed E-state index contributed by atoms with van der Waals surface area (Å²) in [5.74, 6) is 0. The fourth-order valence-corrected chi connectivity index (χ4v) is 10.3. The molecule has 0 amide bonds. The van der Waals surface area contributed by atoms with E-state index in [4.69, 9.17) is 4.42 Å². The maximum absolute atomic E-state index is 6.39. The number of furan rings is 1. The van der Waals surface area contributed by atoms with Gasteiger partial charge in [-0.1, -0.05) is 170 Å². The first-order valence-corrected chi connectivity index (χ1v) is 20.9. The molecule has 2 nitrogen and oxygen atoms in total. The van der Waals surface area contributed by atoms with Crippen LogP contribution in [-0.4, -0.2) is 0 Å². The SMILES string of the molecule is c1ccc(-c2ccc(-c3c(N(c4cccc(-c5ccc6c(c5)oc5ccccc56)c4)c4cccc5c4sc4ccccc45)c4ccccc4c4ccccc34)cc2)cc1. The molecule has 0 fully saturated rings. The normalized spacial score (nSPS) is 11.7. The first-order valence-electron chi connectivity index (χ1n) is 20.1. The van der Waals surface area contributed by atoms with Crippen LogP contribution in [0, 0.1) is 0 Å². The third-order valence-corrected chi connectivity index (χ3v) is 13.1. The van der Waals surface area contributed by atoms with Gasteiger partial charge in [0.15, 0.2) is 0 Å². The van der Waals surface area contributed by atoms with Crippen LogP contribution in [0.1, 0.15) is 0 Å². The summed E-state index contributed by atoms with van der Waals surface area (Å²) < 4.78 is 8.92. The lowest BCUT2D eigenvalue weighted by Crippen LogP contribution is -2.12. The standard InChI is InChI=1S/C56H35NOS/c1-2-14-36(15-3-1)37-28-30-38(31-29-37)54-47-22-6-4-18-42(47)43-19-5-7-23-48(43)55(54)57(50-25-13-24-49-46-21-9-11-27-53(46)59-56(49)50)41-17-12-16-39(34-41)40-32-33-45-44-20-8-10-26-51(44)58-52(45)35-40/h1-35H. The Balaban J connectivity index is 1.16. The minimum absolute atomic E-state index is 0.891. The van der Waals surface area contributed by atoms with Crippen LogP contribution in [0.15, 0.2) is 217 Å². The van der Waals surface area contributed by atoms with Crippen molar-refractivity contribution in [1.29, 1.82) is 0 Å². The van der Waals surface area contributed by atoms with Crippen LogP contribution in [0.4, 0.5) is 17.1 Å². The minimum Gasteiger partial charge on any atom is -0.456 e. The van der Waals surface area contributed by atoms with Crippen molar-refractivity contribution >= 4 is 92.1 Å². The van der Waals surface area contributed by atoms with Crippen molar-refractivity contribution in [2.24, 2.45) is 0 Å². The number of hydrogen-bond donors (Lipinski definition) is 0. The number of thiophene rings is 1. The van der Waals surface area contributed by atoms with Crippen LogP contribution in [0.5, 0.6) is 0 Å². The van der Waals surface area contributed by atoms with Crippen molar-refractivity contribution in [3.63, 3.8) is 0 Å². The molecule has 0 spiro atoms. The van der Waals surface area contributed by atoms with Crippen molar-refractivity contribution < 1.29 is 4.42 Å². The second kappa shape index (κ2) is 13.6. The van der Waals surface area contributed by atoms with Gasteiger partial charge in [0, 0.05) is 42.9 Å². The molecule has 0 saturated heterocycles. The molecule has 0 saturated carbocycles. The van der Waals surface area contributed by atoms with E-state index in [9.17, 15) is 0 Å². The first-order chi connectivity index (χ1) is 29.3. The monoisotopic (exact) mass is 769 g/mol. The molecule has 276 valence electrons. The fraction of sp³-hybridized carbons (Fsp3) is 0. The van der Waals surface area contributed by atoms with Gasteiger partial charge in [0.05, 0.1) is 16.1 Å². The Morgan fingerprint density at radius 2 is 0.898 bits per heavy atom. The summed E-state index contributed by atoms with van der Waals surface area (Å²) in [4.78, 5) is 2.54. The van der Waals surface area contributed by atoms with E-state index in [1.165, 1.54) is 64.0 Å². The molecule has 0 N–H and O–H groups in total. The van der Waals surface area contributed by atoms with Crippen LogP contribution in [0.2, 0.25) is 0 Å². The van der Waals surface area contributed by atoms with E-state index in [1.807, 2.05) is 23.5 Å². The highest BCUT2D eigenvalue weighted by atomic mass is 32.1. The van der Waals surface area contributed by atoms with Gasteiger partial charge in [0.2, 0.25) is 0 Å². The Labute approximate surface area is 345 Å². The summed E-state index contributed by atoms with van der Waals surface area (Å²) in [7, 11) is 0. The Morgan fingerprint density at radius 3 is 1.73 bits per heavy atom. The molecule has 3 heteroatoms. The van der Waals surface area contributed by atoms with Gasteiger partial charge in [-0.15, -0.1) is 11.3 Å². The van der Waals surface area contributed by atoms with Crippen molar-refractivity contribution in [2.75, 3.05) is 4.90 Å². The second-order valence-electron chi connectivity index (χ2n) is 15.2. The highest BCUT2D eigenvalue weighted by Gasteiger charge is 2.26. The summed E-state index contributed by atoms with van der Waals surface area (Å²) >= 11 is 1.87. The third kappa shape index (κ3) is 5.47. The van der Waals surface area contributed by atoms with Gasteiger partial charge in [-0.25, -0.2) is 0 Å². The number of anilines is 3. The summed E-state index contributed by atoms with van der Waals surface area (Å²) in [5, 5.41) is 9.68. The van der Waals surface area contributed by atoms with Gasteiger partial charge >= 0.3 is 0 Å². The lowest BCUT2D eigenvalue weighted by Gasteiger charge is -2.31. The molecule has 10 aromatic carbocycles. The quantitative estimate of drug-likeness (QED) is 0.157. The molecular formula is C56H35NOS. The molecule has 0 aliphatic rings. The minimum atomic E-state index is 0.891. The molecule has 0 unspecified atom stereocenters. The molecule has 0 radical (unpaired) electrons. The first kappa shape index (κ1) is 33.7. The Kier molecular flexibility index (Phi) is 7.75. The molecule has 12 aromatic rings. The average molecular weight is 770 g/mol. The Hall–Kier alpha value is -7.46. The van der Waals surface area contributed by atoms with E-state index in [0.29, 0.717) is 0 Å². The van der Waals surface area contributed by atoms with E-state index < -0.39 is 0 Å². The fourth-order valence-electron chi connectivity index (χ4n) is 9.13. The van der Waals surface area contributed by atoms with Crippen molar-refractivity contribution in [1.82, 2.24) is 0 Å². The summed E-state index contributed by atoms with van der Waals surface area (Å²) in [5.41, 5.74) is 12.2. The van der Waals surface area contributed by atoms with Crippen molar-refractivity contribution in [3.05, 3.63) is 212 Å². The van der Waals surface area contributed by atoms with Gasteiger partial charge in [-0.2, -0.15) is 0 Å². The van der Waals surface area contributed by atoms with E-state index in [-0.39, 0.29) is 0 Å². The highest BCUT2D eigenvalue weighted by molar-refractivity contribution is 7.26. The Bertz CT molecular complexity index is 3560. The van der Waals surface area contributed by atoms with Gasteiger partial charge in [0.25, 0.3) is 0 Å². The predicted octanol–water partition coefficient (Wildman–Crippen LogP) is 16.7. The number of para-hydroxylation sites is 1. The average Bonchev–Trinajstić information content (AvgIpc) is 3.88. The van der Waals surface area contributed by atoms with Gasteiger partial charge < -0.3 is 9.32 Å². The zero-order valence-electron chi connectivity index (χ0n) is 32.0. The zero-order chi connectivity index (χ0) is 38.9. The zero-order valence-corrected chi connectivity index (χ0v) is 32.8. The van der Waals surface area contributed by atoms with Crippen LogP contribution >= 0.6 is 11.3 Å². The molecule has 0 aliphatic heterocycles. The number of rotatable bonds is 6. The van der Waals surface area contributed by atoms with Crippen LogP contribution in [0.3, 0.4) is 0 Å². The maximum Gasteiger partial charge on any atom is 0.136 e. The smallest absolute Gasteiger partial charge is 0.136 e. The van der Waals surface area contributed by atoms with Gasteiger partial charge in [0.1, 0.15) is 11.2 Å². The lowest BCUT2D eigenvalue weighted by atomic mass is 9.89. The summed E-state index contributed by atoms with van der Waals surface area (Å²) in [6.07, 6.45) is 0. The number of fused-ring (bicyclic) bond motifs is 9. The molecule has 2 heterocycles. The molecule has 0 atom stereocenters. The molecule has 0 bridgehead atoms. The maximum atomic E-state index is 6.39. The van der Waals surface area contributed by atoms with Gasteiger partial charge in [-0.3, -0.25) is 0 Å². The number of hydrogen-bond acceptors (Lipinski definition) is 3. The van der Waals surface area contributed by atoms with E-state index in [2.05, 4.69) is 205 Å². The molecular weight excluding hydrogens is 735 g/mol. The molecule has 59 heavy (non-hydrogen) atoms. The highest BCUT2D eigenvalue weighted by Crippen LogP contribution is 2.52. The van der Waals surface area contributed by atoms with Crippen LogP contribution < -0.4 is 4.90 Å². The van der Waals surface area contributed by atoms with Crippen molar-refractivity contribution in [3.8, 4) is 33.4 Å². The van der Waals surface area contributed by atoms with E-state index in [1.54, 1.807) is 0 Å². The molecule has 2 aromatic heterocycles. The van der Waals surface area contributed by atoms with E-state index in [0.717, 1.165) is 50.1 Å². The third-order valence-electron chi connectivity index (χ3n) is 11.9. The lowest BCUT2D eigenvalue weighted by molar-refractivity contribution is 0.669. The summed E-state index contributed by atoms with van der Waals surface area (Å²) in [6.45, 7) is 0. The molecule has 12 rings (SSSR count). The topological polar surface area (TPSA) is 16.4 Å². The van der Waals surface area contributed by atoms with Crippen LogP contribution in [0.25, 0.3) is 97.0 Å². The summed E-state index contributed by atoms with van der Waals surface area (Å²) in [6, 6.07) is 77.1. The van der Waals surface area contributed by atoms with Crippen molar-refractivity contribution in [2.45, 2.75) is 0 Å².